The second-order valence-electron chi connectivity index (χ2n) is 5.43. The van der Waals surface area contributed by atoms with E-state index in [0.29, 0.717) is 5.92 Å². The van der Waals surface area contributed by atoms with Crippen molar-refractivity contribution in [3.8, 4) is 0 Å². The van der Waals surface area contributed by atoms with Crippen molar-refractivity contribution in [1.29, 1.82) is 0 Å². The average Bonchev–Trinajstić information content (AvgIpc) is 3.18. The molecule has 1 aliphatic rings. The van der Waals surface area contributed by atoms with Gasteiger partial charge in [-0.15, -0.1) is 0 Å². The number of nitrogens with one attached hydrogen (secondary N) is 1. The summed E-state index contributed by atoms with van der Waals surface area (Å²) in [7, 11) is 0. The zero-order valence-electron chi connectivity index (χ0n) is 11.6. The molecule has 0 aliphatic carbocycles. The van der Waals surface area contributed by atoms with E-state index in [0.717, 1.165) is 19.6 Å². The number of aromatic amines is 1. The minimum Gasteiger partial charge on any atom is -0.347 e. The maximum atomic E-state index is 4.55. The number of H-pyrrole nitrogens is 1. The van der Waals surface area contributed by atoms with Crippen LogP contribution in [0.4, 0.5) is 0 Å². The van der Waals surface area contributed by atoms with Gasteiger partial charge in [-0.1, -0.05) is 30.3 Å². The quantitative estimate of drug-likeness (QED) is 0.808. The molecule has 106 valence electrons. The molecule has 21 heavy (non-hydrogen) atoms. The van der Waals surface area contributed by atoms with E-state index in [1.807, 2.05) is 12.5 Å². The van der Waals surface area contributed by atoms with Gasteiger partial charge in [-0.3, -0.25) is 4.90 Å². The maximum Gasteiger partial charge on any atom is 0.0925 e. The molecule has 0 amide bonds. The lowest BCUT2D eigenvalue weighted by atomic mass is 9.91. The zero-order valence-corrected chi connectivity index (χ0v) is 12.4. The molecule has 4 nitrogen and oxygen atoms in total. The lowest BCUT2D eigenvalue weighted by molar-refractivity contribution is 0.228. The van der Waals surface area contributed by atoms with Crippen LogP contribution in [0.5, 0.6) is 0 Å². The summed E-state index contributed by atoms with van der Waals surface area (Å²) in [5.74, 6) is 0.341. The minimum absolute atomic E-state index is 0.341. The molecule has 3 heterocycles. The highest BCUT2D eigenvalue weighted by molar-refractivity contribution is 7.03. The lowest BCUT2D eigenvalue weighted by Gasteiger charge is -2.32. The van der Waals surface area contributed by atoms with Crippen molar-refractivity contribution in [2.45, 2.75) is 19.0 Å². The van der Waals surface area contributed by atoms with Gasteiger partial charge in [0.25, 0.3) is 0 Å². The van der Waals surface area contributed by atoms with Crippen molar-refractivity contribution in [3.63, 3.8) is 0 Å². The number of aromatic nitrogens is 3. The van der Waals surface area contributed by atoms with Gasteiger partial charge in [-0.05, 0) is 22.7 Å². The molecule has 0 radical (unpaired) electrons. The third kappa shape index (κ3) is 2.50. The highest BCUT2D eigenvalue weighted by Crippen LogP contribution is 2.32. The summed E-state index contributed by atoms with van der Waals surface area (Å²) in [6, 6.07) is 10.6. The van der Waals surface area contributed by atoms with Crippen molar-refractivity contribution in [3.05, 3.63) is 70.8 Å². The molecular formula is C16H16N4S. The summed E-state index contributed by atoms with van der Waals surface area (Å²) < 4.78 is 4.19. The summed E-state index contributed by atoms with van der Waals surface area (Å²) in [6.07, 6.45) is 3.78. The van der Waals surface area contributed by atoms with Gasteiger partial charge >= 0.3 is 0 Å². The molecule has 2 aromatic heterocycles. The van der Waals surface area contributed by atoms with E-state index in [-0.39, 0.29) is 0 Å². The number of rotatable bonds is 3. The van der Waals surface area contributed by atoms with E-state index in [4.69, 9.17) is 0 Å². The Labute approximate surface area is 127 Å². The first-order valence-electron chi connectivity index (χ1n) is 7.08. The SMILES string of the molecule is c1ccc(C2CN(Cc3cnsc3)Cc3[nH]cnc32)cc1. The van der Waals surface area contributed by atoms with Gasteiger partial charge in [0.1, 0.15) is 0 Å². The number of hydrogen-bond acceptors (Lipinski definition) is 4. The zero-order chi connectivity index (χ0) is 14.1. The highest BCUT2D eigenvalue weighted by Gasteiger charge is 2.28. The van der Waals surface area contributed by atoms with Crippen LogP contribution in [-0.2, 0) is 13.1 Å². The van der Waals surface area contributed by atoms with Gasteiger partial charge in [0.2, 0.25) is 0 Å². The van der Waals surface area contributed by atoms with Crippen LogP contribution in [0, 0.1) is 0 Å². The van der Waals surface area contributed by atoms with Gasteiger partial charge in [0.15, 0.2) is 0 Å². The summed E-state index contributed by atoms with van der Waals surface area (Å²) in [6.45, 7) is 2.87. The lowest BCUT2D eigenvalue weighted by Crippen LogP contribution is -2.33. The van der Waals surface area contributed by atoms with E-state index < -0.39 is 0 Å². The van der Waals surface area contributed by atoms with E-state index >= 15 is 0 Å². The van der Waals surface area contributed by atoms with Gasteiger partial charge in [0.05, 0.1) is 17.7 Å². The van der Waals surface area contributed by atoms with Gasteiger partial charge in [-0.25, -0.2) is 9.36 Å². The third-order valence-corrected chi connectivity index (χ3v) is 4.63. The van der Waals surface area contributed by atoms with Crippen molar-refractivity contribution in [1.82, 2.24) is 19.2 Å². The summed E-state index contributed by atoms with van der Waals surface area (Å²) in [4.78, 5) is 10.3. The maximum absolute atomic E-state index is 4.55. The Kier molecular flexibility index (Phi) is 3.29. The van der Waals surface area contributed by atoms with Crippen molar-refractivity contribution in [2.75, 3.05) is 6.54 Å². The largest absolute Gasteiger partial charge is 0.347 e. The summed E-state index contributed by atoms with van der Waals surface area (Å²) >= 11 is 1.52. The molecule has 0 bridgehead atoms. The summed E-state index contributed by atoms with van der Waals surface area (Å²) in [5.41, 5.74) is 5.05. The van der Waals surface area contributed by atoms with Crippen LogP contribution >= 0.6 is 11.5 Å². The van der Waals surface area contributed by atoms with Crippen LogP contribution in [0.1, 0.15) is 28.4 Å². The second kappa shape index (κ2) is 5.42. The summed E-state index contributed by atoms with van der Waals surface area (Å²) in [5, 5.41) is 2.12. The normalized spacial score (nSPS) is 18.6. The Balaban J connectivity index is 1.64. The number of fused-ring (bicyclic) bond motifs is 1. The van der Waals surface area contributed by atoms with Gasteiger partial charge < -0.3 is 4.98 Å². The molecule has 4 rings (SSSR count). The van der Waals surface area contributed by atoms with Gasteiger partial charge in [-0.2, -0.15) is 0 Å². The number of benzene rings is 1. The second-order valence-corrected chi connectivity index (χ2v) is 6.09. The topological polar surface area (TPSA) is 44.8 Å². The molecule has 1 unspecified atom stereocenters. The number of hydrogen-bond donors (Lipinski definition) is 1. The van der Waals surface area contributed by atoms with Gasteiger partial charge in [0, 0.05) is 37.1 Å². The predicted molar refractivity (Wildman–Crippen MR) is 83.1 cm³/mol. The molecule has 1 N–H and O–H groups in total. The number of nitrogens with zero attached hydrogens (tertiary/aromatic N) is 3. The first-order chi connectivity index (χ1) is 10.4. The fourth-order valence-corrected chi connectivity index (χ4v) is 3.55. The van der Waals surface area contributed by atoms with Crippen LogP contribution in [0.25, 0.3) is 0 Å². The van der Waals surface area contributed by atoms with Crippen LogP contribution in [-0.4, -0.2) is 25.8 Å². The van der Waals surface area contributed by atoms with Crippen molar-refractivity contribution < 1.29 is 0 Å². The van der Waals surface area contributed by atoms with E-state index in [1.54, 1.807) is 0 Å². The molecule has 0 saturated carbocycles. The Morgan fingerprint density at radius 2 is 2.19 bits per heavy atom. The Morgan fingerprint density at radius 3 is 3.00 bits per heavy atom. The number of imidazole rings is 1. The smallest absolute Gasteiger partial charge is 0.0925 e. The fourth-order valence-electron chi connectivity index (χ4n) is 3.02. The predicted octanol–water partition coefficient (Wildman–Crippen LogP) is 3.01. The van der Waals surface area contributed by atoms with E-state index in [9.17, 15) is 0 Å². The molecule has 3 aromatic rings. The molecule has 0 spiro atoms. The van der Waals surface area contributed by atoms with E-state index in [2.05, 4.69) is 55.0 Å². The molecule has 1 aliphatic heterocycles. The first kappa shape index (κ1) is 12.7. The fraction of sp³-hybridized carbons (Fsp3) is 0.250. The van der Waals surface area contributed by atoms with Crippen LogP contribution < -0.4 is 0 Å². The molecule has 1 atom stereocenters. The molecular weight excluding hydrogens is 280 g/mol. The molecule has 0 saturated heterocycles. The molecule has 0 fully saturated rings. The average molecular weight is 296 g/mol. The minimum atomic E-state index is 0.341. The Morgan fingerprint density at radius 1 is 1.29 bits per heavy atom. The van der Waals surface area contributed by atoms with E-state index in [1.165, 1.54) is 34.0 Å². The first-order valence-corrected chi connectivity index (χ1v) is 7.91. The van der Waals surface area contributed by atoms with Crippen LogP contribution in [0.15, 0.2) is 48.2 Å². The third-order valence-electron chi connectivity index (χ3n) is 4.00. The van der Waals surface area contributed by atoms with Crippen LogP contribution in [0.2, 0.25) is 0 Å². The standard InChI is InChI=1S/C16H16N4S/c1-2-4-13(5-3-1)14-8-20(7-12-6-19-21-10-12)9-15-16(14)18-11-17-15/h1-6,10-11,14H,7-9H2,(H,17,18). The Bertz CT molecular complexity index is 705. The van der Waals surface area contributed by atoms with Crippen molar-refractivity contribution in [2.24, 2.45) is 0 Å². The monoisotopic (exact) mass is 296 g/mol. The highest BCUT2D eigenvalue weighted by atomic mass is 32.1. The van der Waals surface area contributed by atoms with Crippen molar-refractivity contribution >= 4 is 11.5 Å². The molecule has 1 aromatic carbocycles. The molecule has 5 heteroatoms. The Hall–Kier alpha value is -1.98. The van der Waals surface area contributed by atoms with Crippen LogP contribution in [0.3, 0.4) is 0 Å².